The molecule has 2 rings (SSSR count). The largest absolute Gasteiger partial charge is 0.326 e. The number of nitrogens with two attached hydrogens (primary N) is 1. The first-order valence-electron chi connectivity index (χ1n) is 6.35. The summed E-state index contributed by atoms with van der Waals surface area (Å²) in [4.78, 5) is 0. The first kappa shape index (κ1) is 14.6. The van der Waals surface area contributed by atoms with Crippen molar-refractivity contribution < 1.29 is 8.42 Å². The maximum absolute atomic E-state index is 12.2. The second-order valence-corrected chi connectivity index (χ2v) is 6.37. The Kier molecular flexibility index (Phi) is 4.42. The fourth-order valence-corrected chi connectivity index (χ4v) is 3.30. The van der Waals surface area contributed by atoms with Crippen molar-refractivity contribution in [2.75, 3.05) is 4.72 Å². The number of nitrogens with one attached hydrogen (secondary N) is 1. The number of benzene rings is 2. The maximum Gasteiger partial charge on any atom is 0.236 e. The minimum Gasteiger partial charge on any atom is -0.326 e. The molecule has 106 valence electrons. The van der Waals surface area contributed by atoms with E-state index in [-0.39, 0.29) is 5.75 Å². The van der Waals surface area contributed by atoms with Crippen LogP contribution in [0.4, 0.5) is 5.69 Å². The van der Waals surface area contributed by atoms with Gasteiger partial charge in [-0.25, -0.2) is 8.42 Å². The van der Waals surface area contributed by atoms with E-state index in [0.29, 0.717) is 12.2 Å². The van der Waals surface area contributed by atoms with E-state index in [4.69, 9.17) is 5.73 Å². The summed E-state index contributed by atoms with van der Waals surface area (Å²) in [6.07, 6.45) is 0. The zero-order valence-electron chi connectivity index (χ0n) is 11.3. The number of hydrogen-bond donors (Lipinski definition) is 2. The van der Waals surface area contributed by atoms with Crippen molar-refractivity contribution in [1.29, 1.82) is 0 Å². The summed E-state index contributed by atoms with van der Waals surface area (Å²) in [5.41, 5.74) is 8.80. The Labute approximate surface area is 119 Å². The lowest BCUT2D eigenvalue weighted by molar-refractivity contribution is 0.600. The minimum atomic E-state index is -3.44. The molecule has 0 fully saturated rings. The van der Waals surface area contributed by atoms with Gasteiger partial charge in [-0.05, 0) is 29.7 Å². The molecule has 0 spiro atoms. The van der Waals surface area contributed by atoms with Gasteiger partial charge >= 0.3 is 0 Å². The number of rotatable bonds is 5. The van der Waals surface area contributed by atoms with E-state index in [1.54, 1.807) is 18.2 Å². The number of sulfonamides is 1. The summed E-state index contributed by atoms with van der Waals surface area (Å²) in [6.45, 7) is 2.22. The molecule has 0 radical (unpaired) electrons. The SMILES string of the molecule is Cc1cccc(NS(=O)(=O)Cc2ccccc2)c1CN. The highest BCUT2D eigenvalue weighted by molar-refractivity contribution is 7.91. The normalized spacial score (nSPS) is 11.3. The van der Waals surface area contributed by atoms with Gasteiger partial charge in [0, 0.05) is 6.54 Å². The molecule has 0 saturated heterocycles. The zero-order valence-corrected chi connectivity index (χ0v) is 12.2. The predicted octanol–water partition coefficient (Wildman–Crippen LogP) is 2.40. The van der Waals surface area contributed by atoms with E-state index in [1.807, 2.05) is 37.3 Å². The molecule has 5 heteroatoms. The molecular weight excluding hydrogens is 272 g/mol. The standard InChI is InChI=1S/C15H18N2O2S/c1-12-6-5-9-15(14(12)10-16)17-20(18,19)11-13-7-3-2-4-8-13/h2-9,17H,10-11,16H2,1H3. The van der Waals surface area contributed by atoms with Crippen LogP contribution in [0.3, 0.4) is 0 Å². The summed E-state index contributed by atoms with van der Waals surface area (Å²) in [5, 5.41) is 0. The predicted molar refractivity (Wildman–Crippen MR) is 81.8 cm³/mol. The molecule has 0 heterocycles. The van der Waals surface area contributed by atoms with Crippen LogP contribution in [0, 0.1) is 6.92 Å². The molecule has 3 N–H and O–H groups in total. The fraction of sp³-hybridized carbons (Fsp3) is 0.200. The molecule has 0 aliphatic rings. The first-order valence-corrected chi connectivity index (χ1v) is 8.00. The van der Waals surface area contributed by atoms with Crippen LogP contribution in [0.15, 0.2) is 48.5 Å². The third-order valence-corrected chi connectivity index (χ3v) is 4.32. The van der Waals surface area contributed by atoms with Crippen LogP contribution in [0.2, 0.25) is 0 Å². The Morgan fingerprint density at radius 1 is 1.05 bits per heavy atom. The third-order valence-electron chi connectivity index (χ3n) is 3.08. The van der Waals surface area contributed by atoms with E-state index in [0.717, 1.165) is 16.7 Å². The smallest absolute Gasteiger partial charge is 0.236 e. The van der Waals surface area contributed by atoms with Crippen molar-refractivity contribution in [1.82, 2.24) is 0 Å². The Balaban J connectivity index is 2.23. The lowest BCUT2D eigenvalue weighted by Crippen LogP contribution is -2.17. The van der Waals surface area contributed by atoms with Crippen molar-refractivity contribution in [2.24, 2.45) is 5.73 Å². The summed E-state index contributed by atoms with van der Waals surface area (Å²) >= 11 is 0. The molecule has 0 aliphatic heterocycles. The molecule has 0 amide bonds. The van der Waals surface area contributed by atoms with Gasteiger partial charge in [-0.1, -0.05) is 42.5 Å². The van der Waals surface area contributed by atoms with Gasteiger partial charge < -0.3 is 5.73 Å². The highest BCUT2D eigenvalue weighted by atomic mass is 32.2. The van der Waals surface area contributed by atoms with Crippen LogP contribution >= 0.6 is 0 Å². The summed E-state index contributed by atoms with van der Waals surface area (Å²) in [7, 11) is -3.44. The molecule has 20 heavy (non-hydrogen) atoms. The Morgan fingerprint density at radius 2 is 1.75 bits per heavy atom. The van der Waals surface area contributed by atoms with E-state index in [9.17, 15) is 8.42 Å². The average Bonchev–Trinajstić information content (AvgIpc) is 2.39. The fourth-order valence-electron chi connectivity index (χ4n) is 2.07. The average molecular weight is 290 g/mol. The second-order valence-electron chi connectivity index (χ2n) is 4.65. The zero-order chi connectivity index (χ0) is 14.6. The minimum absolute atomic E-state index is 0.0498. The summed E-state index contributed by atoms with van der Waals surface area (Å²) in [6, 6.07) is 14.5. The topological polar surface area (TPSA) is 72.2 Å². The molecule has 0 bridgehead atoms. The van der Waals surface area contributed by atoms with Crippen LogP contribution in [0.25, 0.3) is 0 Å². The molecule has 0 aromatic heterocycles. The molecule has 4 nitrogen and oxygen atoms in total. The highest BCUT2D eigenvalue weighted by Gasteiger charge is 2.14. The van der Waals surface area contributed by atoms with Crippen molar-refractivity contribution >= 4 is 15.7 Å². The lowest BCUT2D eigenvalue weighted by Gasteiger charge is -2.13. The van der Waals surface area contributed by atoms with Crippen molar-refractivity contribution in [2.45, 2.75) is 19.2 Å². The van der Waals surface area contributed by atoms with Gasteiger partial charge in [0.15, 0.2) is 0 Å². The van der Waals surface area contributed by atoms with E-state index in [1.165, 1.54) is 0 Å². The molecular formula is C15H18N2O2S. The van der Waals surface area contributed by atoms with Crippen LogP contribution in [-0.2, 0) is 22.3 Å². The third kappa shape index (κ3) is 3.59. The van der Waals surface area contributed by atoms with Crippen molar-refractivity contribution in [3.63, 3.8) is 0 Å². The maximum atomic E-state index is 12.2. The summed E-state index contributed by atoms with van der Waals surface area (Å²) in [5.74, 6) is -0.0498. The van der Waals surface area contributed by atoms with Crippen LogP contribution < -0.4 is 10.5 Å². The van der Waals surface area contributed by atoms with Crippen LogP contribution in [0.5, 0.6) is 0 Å². The molecule has 2 aromatic rings. The first-order chi connectivity index (χ1) is 9.52. The molecule has 0 saturated carbocycles. The van der Waals surface area contributed by atoms with Crippen LogP contribution in [-0.4, -0.2) is 8.42 Å². The van der Waals surface area contributed by atoms with Gasteiger partial charge in [-0.2, -0.15) is 0 Å². The second kappa shape index (κ2) is 6.07. The van der Waals surface area contributed by atoms with Crippen molar-refractivity contribution in [3.05, 3.63) is 65.2 Å². The molecule has 0 aliphatic carbocycles. The van der Waals surface area contributed by atoms with Gasteiger partial charge in [-0.15, -0.1) is 0 Å². The number of anilines is 1. The van der Waals surface area contributed by atoms with E-state index in [2.05, 4.69) is 4.72 Å². The van der Waals surface area contributed by atoms with Gasteiger partial charge in [0.05, 0.1) is 11.4 Å². The van der Waals surface area contributed by atoms with Crippen molar-refractivity contribution in [3.8, 4) is 0 Å². The van der Waals surface area contributed by atoms with Gasteiger partial charge in [-0.3, -0.25) is 4.72 Å². The highest BCUT2D eigenvalue weighted by Crippen LogP contribution is 2.21. The molecule has 0 atom stereocenters. The number of hydrogen-bond acceptors (Lipinski definition) is 3. The quantitative estimate of drug-likeness (QED) is 0.888. The Hall–Kier alpha value is -1.85. The molecule has 2 aromatic carbocycles. The Bertz CT molecular complexity index is 682. The summed E-state index contributed by atoms with van der Waals surface area (Å²) < 4.78 is 27.0. The lowest BCUT2D eigenvalue weighted by atomic mass is 10.1. The Morgan fingerprint density at radius 3 is 2.40 bits per heavy atom. The van der Waals surface area contributed by atoms with E-state index >= 15 is 0 Å². The monoisotopic (exact) mass is 290 g/mol. The van der Waals surface area contributed by atoms with Crippen LogP contribution in [0.1, 0.15) is 16.7 Å². The van der Waals surface area contributed by atoms with Gasteiger partial charge in [0.1, 0.15) is 0 Å². The number of aryl methyl sites for hydroxylation is 1. The molecule has 0 unspecified atom stereocenters. The van der Waals surface area contributed by atoms with E-state index < -0.39 is 10.0 Å². The van der Waals surface area contributed by atoms with Gasteiger partial charge in [0.25, 0.3) is 0 Å². The van der Waals surface area contributed by atoms with Gasteiger partial charge in [0.2, 0.25) is 10.0 Å².